The van der Waals surface area contributed by atoms with Crippen LogP contribution >= 0.6 is 30.4 Å². The van der Waals surface area contributed by atoms with E-state index in [2.05, 4.69) is 153 Å². The number of aromatic nitrogens is 1. The van der Waals surface area contributed by atoms with Gasteiger partial charge in [-0.25, -0.2) is 18.6 Å². The molecule has 0 aliphatic rings. The molecule has 0 saturated heterocycles. The SMILES string of the molecule is Cc1ccc(Sc2sc(-c3ccccc3)nc2[P+](c2ccccc2)(c2ccccc2)c2ccccc2)cc1.[O-][Cl+3]([O-])([O-])[O-]. The van der Waals surface area contributed by atoms with Crippen LogP contribution in [0.4, 0.5) is 0 Å². The molecular weight excluding hydrogens is 617 g/mol. The monoisotopic (exact) mass is 643 g/mol. The van der Waals surface area contributed by atoms with Gasteiger partial charge in [0.1, 0.15) is 25.1 Å². The highest BCUT2D eigenvalue weighted by molar-refractivity contribution is 8.05. The third kappa shape index (κ3) is 7.60. The number of aryl methyl sites for hydroxylation is 1. The van der Waals surface area contributed by atoms with Crippen LogP contribution in [-0.2, 0) is 0 Å². The Balaban J connectivity index is 0.000000682. The van der Waals surface area contributed by atoms with Gasteiger partial charge in [-0.05, 0) is 55.5 Å². The summed E-state index contributed by atoms with van der Waals surface area (Å²) in [6, 6.07) is 52.4. The molecule has 0 saturated carbocycles. The molecule has 0 bridgehead atoms. The summed E-state index contributed by atoms with van der Waals surface area (Å²) in [6.07, 6.45) is 0. The molecule has 43 heavy (non-hydrogen) atoms. The minimum atomic E-state index is -4.94. The maximum Gasteiger partial charge on any atom is 0.223 e. The third-order valence-electron chi connectivity index (χ3n) is 6.58. The van der Waals surface area contributed by atoms with Crippen molar-refractivity contribution in [3.05, 3.63) is 151 Å². The lowest BCUT2D eigenvalue weighted by molar-refractivity contribution is -2.00. The molecule has 0 unspecified atom stereocenters. The molecule has 216 valence electrons. The predicted molar refractivity (Wildman–Crippen MR) is 168 cm³/mol. The van der Waals surface area contributed by atoms with Crippen LogP contribution in [-0.4, -0.2) is 4.98 Å². The molecule has 0 aliphatic heterocycles. The Labute approximate surface area is 262 Å². The molecule has 0 spiro atoms. The fourth-order valence-electron chi connectivity index (χ4n) is 4.76. The first kappa shape index (κ1) is 31.1. The van der Waals surface area contributed by atoms with Crippen LogP contribution in [0.1, 0.15) is 5.56 Å². The van der Waals surface area contributed by atoms with Gasteiger partial charge in [-0.3, -0.25) is 0 Å². The predicted octanol–water partition coefficient (Wildman–Crippen LogP) is 3.13. The molecule has 6 rings (SSSR count). The Hall–Kier alpha value is -3.36. The van der Waals surface area contributed by atoms with Gasteiger partial charge in [-0.2, -0.15) is 4.98 Å². The summed E-state index contributed by atoms with van der Waals surface area (Å²) in [7, 11) is -7.26. The van der Waals surface area contributed by atoms with Crippen molar-refractivity contribution >= 4 is 51.7 Å². The fourth-order valence-corrected chi connectivity index (χ4v) is 12.0. The molecule has 0 amide bonds. The van der Waals surface area contributed by atoms with Gasteiger partial charge in [-0.1, -0.05) is 114 Å². The molecule has 9 heteroatoms. The van der Waals surface area contributed by atoms with Gasteiger partial charge >= 0.3 is 0 Å². The van der Waals surface area contributed by atoms with Crippen LogP contribution in [0.2, 0.25) is 0 Å². The molecule has 1 aromatic heterocycles. The molecule has 1 heterocycles. The van der Waals surface area contributed by atoms with Crippen molar-refractivity contribution in [3.8, 4) is 10.6 Å². The number of rotatable bonds is 7. The topological polar surface area (TPSA) is 105 Å². The summed E-state index contributed by atoms with van der Waals surface area (Å²) in [4.78, 5) is 6.77. The van der Waals surface area contributed by atoms with Gasteiger partial charge in [0, 0.05) is 10.5 Å². The summed E-state index contributed by atoms with van der Waals surface area (Å²) >= 11 is 3.64. The van der Waals surface area contributed by atoms with Crippen molar-refractivity contribution < 1.29 is 28.9 Å². The van der Waals surface area contributed by atoms with Gasteiger partial charge in [0.2, 0.25) is 5.44 Å². The van der Waals surface area contributed by atoms with Crippen molar-refractivity contribution in [2.75, 3.05) is 0 Å². The van der Waals surface area contributed by atoms with E-state index in [1.807, 2.05) is 11.8 Å². The number of halogens is 1. The molecule has 5 aromatic carbocycles. The smallest absolute Gasteiger partial charge is 0.222 e. The van der Waals surface area contributed by atoms with Crippen molar-refractivity contribution in [1.82, 2.24) is 4.98 Å². The second kappa shape index (κ2) is 14.0. The molecule has 0 aliphatic carbocycles. The lowest BCUT2D eigenvalue weighted by Crippen LogP contribution is -2.68. The highest BCUT2D eigenvalue weighted by Crippen LogP contribution is 2.57. The van der Waals surface area contributed by atoms with Crippen molar-refractivity contribution in [1.29, 1.82) is 0 Å². The van der Waals surface area contributed by atoms with E-state index >= 15 is 0 Å². The van der Waals surface area contributed by atoms with Crippen LogP contribution in [0.15, 0.2) is 155 Å². The molecule has 6 aromatic rings. The van der Waals surface area contributed by atoms with Crippen molar-refractivity contribution in [3.63, 3.8) is 0 Å². The van der Waals surface area contributed by atoms with E-state index in [9.17, 15) is 0 Å². The van der Waals surface area contributed by atoms with Gasteiger partial charge in [0.15, 0.2) is 7.26 Å². The molecule has 5 nitrogen and oxygen atoms in total. The number of benzene rings is 5. The Bertz CT molecular complexity index is 1630. The lowest BCUT2D eigenvalue weighted by atomic mass is 10.2. The minimum absolute atomic E-state index is 1.06. The van der Waals surface area contributed by atoms with Crippen LogP contribution in [0.5, 0.6) is 0 Å². The Morgan fingerprint density at radius 3 is 1.40 bits per heavy atom. The fraction of sp³-hybridized carbons (Fsp3) is 0.0294. The summed E-state index contributed by atoms with van der Waals surface area (Å²) in [5.41, 5.74) is 3.60. The summed E-state index contributed by atoms with van der Waals surface area (Å²) < 4.78 is 35.2. The first-order chi connectivity index (χ1) is 20.7. The highest BCUT2D eigenvalue weighted by atomic mass is 35.7. The zero-order valence-corrected chi connectivity index (χ0v) is 26.4. The summed E-state index contributed by atoms with van der Waals surface area (Å²) in [5.74, 6) is 0. The Morgan fingerprint density at radius 2 is 0.977 bits per heavy atom. The zero-order chi connectivity index (χ0) is 30.3. The van der Waals surface area contributed by atoms with Gasteiger partial charge in [-0.15, -0.1) is 21.6 Å². The maximum absolute atomic E-state index is 8.49. The van der Waals surface area contributed by atoms with E-state index in [1.165, 1.54) is 36.0 Å². The van der Waals surface area contributed by atoms with Crippen LogP contribution < -0.4 is 40.0 Å². The highest BCUT2D eigenvalue weighted by Gasteiger charge is 2.52. The van der Waals surface area contributed by atoms with E-state index in [0.29, 0.717) is 0 Å². The van der Waals surface area contributed by atoms with Crippen LogP contribution in [0.25, 0.3) is 10.6 Å². The van der Waals surface area contributed by atoms with Gasteiger partial charge < -0.3 is 0 Å². The normalized spacial score (nSPS) is 11.5. The van der Waals surface area contributed by atoms with Gasteiger partial charge in [0.25, 0.3) is 0 Å². The largest absolute Gasteiger partial charge is 0.223 e. The van der Waals surface area contributed by atoms with E-state index in [1.54, 1.807) is 11.3 Å². The van der Waals surface area contributed by atoms with Crippen LogP contribution in [0, 0.1) is 17.2 Å². The second-order valence-electron chi connectivity index (χ2n) is 9.47. The lowest BCUT2D eigenvalue weighted by Gasteiger charge is -2.26. The summed E-state index contributed by atoms with van der Waals surface area (Å²) in [6.45, 7) is 2.14. The maximum atomic E-state index is 8.49. The number of hydrogen-bond acceptors (Lipinski definition) is 7. The standard InChI is InChI=1S/C34H27NPS2.ClHO4/c1-26-22-24-31(25-23-26)37-34-32(35-33(38-34)27-14-6-2-7-15-27)36(28-16-8-3-9-17-28,29-18-10-4-11-19-29)30-20-12-5-13-21-30;2-1(3,4)5/h2-25H,1H3;(H,2,3,4,5)/q+1;/p-1. The van der Waals surface area contributed by atoms with Gasteiger partial charge in [0.05, 0.1) is 0 Å². The molecule has 0 atom stereocenters. The number of hydrogen-bond donors (Lipinski definition) is 0. The Morgan fingerprint density at radius 1 is 0.581 bits per heavy atom. The average molecular weight is 644 g/mol. The third-order valence-corrected chi connectivity index (χ3v) is 13.3. The minimum Gasteiger partial charge on any atom is -0.222 e. The van der Waals surface area contributed by atoms with Crippen LogP contribution in [0.3, 0.4) is 0 Å². The van der Waals surface area contributed by atoms with Crippen molar-refractivity contribution in [2.24, 2.45) is 0 Å². The number of nitrogens with zero attached hydrogens (tertiary/aromatic N) is 1. The summed E-state index contributed by atoms with van der Waals surface area (Å²) in [5, 5.41) is 5.00. The van der Waals surface area contributed by atoms with E-state index < -0.39 is 17.5 Å². The average Bonchev–Trinajstić information content (AvgIpc) is 3.44. The molecule has 0 N–H and O–H groups in total. The quantitative estimate of drug-likeness (QED) is 0.248. The molecule has 0 fully saturated rings. The van der Waals surface area contributed by atoms with E-state index in [0.717, 1.165) is 10.6 Å². The first-order valence-electron chi connectivity index (χ1n) is 13.2. The van der Waals surface area contributed by atoms with Crippen molar-refractivity contribution in [2.45, 2.75) is 16.0 Å². The first-order valence-corrected chi connectivity index (χ1v) is 17.9. The van der Waals surface area contributed by atoms with E-state index in [4.69, 9.17) is 23.6 Å². The Kier molecular flexibility index (Phi) is 10.1. The van der Waals surface area contributed by atoms with E-state index in [-0.39, 0.29) is 0 Å². The zero-order valence-electron chi connectivity index (χ0n) is 23.1. The number of thiazole rings is 1. The molecule has 0 radical (unpaired) electrons. The second-order valence-corrected chi connectivity index (χ2v) is 15.9. The molecular formula is C34H27ClNO4PS2.